The molecule has 1 fully saturated rings. The van der Waals surface area contributed by atoms with Gasteiger partial charge < -0.3 is 4.90 Å². The van der Waals surface area contributed by atoms with Gasteiger partial charge in [0.05, 0.1) is 12.4 Å². The molecular weight excluding hydrogens is 346 g/mol. The summed E-state index contributed by atoms with van der Waals surface area (Å²) in [6.07, 6.45) is 1.10. The fraction of sp³-hybridized carbons (Fsp3) is 0.292. The smallest absolute Gasteiger partial charge is 0.260 e. The van der Waals surface area contributed by atoms with Gasteiger partial charge in [0.2, 0.25) is 0 Å². The molecule has 142 valence electrons. The standard InChI is InChI=1S/C24H25N3O/c28-24-21-10-4-8-20-9-5-11-22(23(20)21)27(24)18-26-16-14-25(15-17-26)13-12-19-6-2-1-3-7-19/h1-11H,12-18H2. The molecule has 0 spiro atoms. The summed E-state index contributed by atoms with van der Waals surface area (Å²) >= 11 is 0. The Morgan fingerprint density at radius 2 is 1.46 bits per heavy atom. The Labute approximate surface area is 166 Å². The van der Waals surface area contributed by atoms with Crippen molar-refractivity contribution in [1.82, 2.24) is 9.80 Å². The van der Waals surface area contributed by atoms with Crippen LogP contribution in [-0.2, 0) is 6.42 Å². The van der Waals surface area contributed by atoms with Gasteiger partial charge in [-0.25, -0.2) is 0 Å². The minimum atomic E-state index is 0.137. The lowest BCUT2D eigenvalue weighted by atomic mass is 10.1. The third-order valence-corrected chi connectivity index (χ3v) is 6.01. The zero-order chi connectivity index (χ0) is 18.9. The van der Waals surface area contributed by atoms with E-state index < -0.39 is 0 Å². The highest BCUT2D eigenvalue weighted by atomic mass is 16.2. The summed E-state index contributed by atoms with van der Waals surface area (Å²) in [6, 6.07) is 22.9. The van der Waals surface area contributed by atoms with Crippen LogP contribution in [0.15, 0.2) is 66.7 Å². The molecule has 1 amide bonds. The quantitative estimate of drug-likeness (QED) is 0.685. The highest BCUT2D eigenvalue weighted by Crippen LogP contribution is 2.37. The second-order valence-electron chi connectivity index (χ2n) is 7.75. The van der Waals surface area contributed by atoms with Crippen molar-refractivity contribution in [3.63, 3.8) is 0 Å². The van der Waals surface area contributed by atoms with E-state index in [1.54, 1.807) is 0 Å². The Morgan fingerprint density at radius 3 is 2.25 bits per heavy atom. The lowest BCUT2D eigenvalue weighted by Crippen LogP contribution is -2.51. The number of carbonyl (C=O) groups excluding carboxylic acids is 1. The van der Waals surface area contributed by atoms with E-state index in [9.17, 15) is 4.79 Å². The second kappa shape index (κ2) is 7.38. The number of benzene rings is 3. The van der Waals surface area contributed by atoms with Gasteiger partial charge in [-0.1, -0.05) is 54.6 Å². The summed E-state index contributed by atoms with van der Waals surface area (Å²) in [5.41, 5.74) is 3.30. The molecule has 1 saturated heterocycles. The molecule has 0 radical (unpaired) electrons. The maximum atomic E-state index is 13.0. The zero-order valence-corrected chi connectivity index (χ0v) is 16.1. The van der Waals surface area contributed by atoms with Crippen molar-refractivity contribution < 1.29 is 4.79 Å². The SMILES string of the molecule is O=C1c2cccc3cccc(c23)N1CN1CCN(CCc2ccccc2)CC1. The van der Waals surface area contributed by atoms with E-state index in [0.717, 1.165) is 61.2 Å². The van der Waals surface area contributed by atoms with E-state index in [2.05, 4.69) is 64.4 Å². The number of rotatable bonds is 5. The number of nitrogens with zero attached hydrogens (tertiary/aromatic N) is 3. The van der Waals surface area contributed by atoms with Crippen molar-refractivity contribution >= 4 is 22.4 Å². The van der Waals surface area contributed by atoms with Crippen LogP contribution in [-0.4, -0.2) is 55.1 Å². The molecule has 0 saturated carbocycles. The van der Waals surface area contributed by atoms with E-state index in [4.69, 9.17) is 0 Å². The van der Waals surface area contributed by atoms with Crippen LogP contribution < -0.4 is 4.90 Å². The van der Waals surface area contributed by atoms with Crippen molar-refractivity contribution in [2.24, 2.45) is 0 Å². The fourth-order valence-corrected chi connectivity index (χ4v) is 4.41. The van der Waals surface area contributed by atoms with Crippen LogP contribution in [0.1, 0.15) is 15.9 Å². The van der Waals surface area contributed by atoms with Crippen LogP contribution in [0.25, 0.3) is 10.8 Å². The summed E-state index contributed by atoms with van der Waals surface area (Å²) in [5.74, 6) is 0.137. The van der Waals surface area contributed by atoms with Crippen molar-refractivity contribution in [1.29, 1.82) is 0 Å². The summed E-state index contributed by atoms with van der Waals surface area (Å²) in [5, 5.41) is 2.26. The second-order valence-corrected chi connectivity index (χ2v) is 7.75. The molecule has 3 aromatic carbocycles. The van der Waals surface area contributed by atoms with Gasteiger partial charge in [0.1, 0.15) is 0 Å². The van der Waals surface area contributed by atoms with E-state index in [1.165, 1.54) is 5.56 Å². The molecule has 0 aliphatic carbocycles. The summed E-state index contributed by atoms with van der Waals surface area (Å²) < 4.78 is 0. The minimum absolute atomic E-state index is 0.137. The Kier molecular flexibility index (Phi) is 4.59. The van der Waals surface area contributed by atoms with Gasteiger partial charge in [0.15, 0.2) is 0 Å². The molecule has 4 heteroatoms. The maximum Gasteiger partial charge on any atom is 0.260 e. The van der Waals surface area contributed by atoms with Crippen LogP contribution in [0.2, 0.25) is 0 Å². The van der Waals surface area contributed by atoms with Gasteiger partial charge in [0.25, 0.3) is 5.91 Å². The van der Waals surface area contributed by atoms with Gasteiger partial charge in [-0.3, -0.25) is 14.6 Å². The summed E-state index contributed by atoms with van der Waals surface area (Å²) in [7, 11) is 0. The van der Waals surface area contributed by atoms with Gasteiger partial charge in [-0.15, -0.1) is 0 Å². The highest BCUT2D eigenvalue weighted by Gasteiger charge is 2.31. The molecule has 0 bridgehead atoms. The largest absolute Gasteiger partial charge is 0.300 e. The number of carbonyl (C=O) groups is 1. The van der Waals surface area contributed by atoms with Gasteiger partial charge in [-0.2, -0.15) is 0 Å². The van der Waals surface area contributed by atoms with Crippen LogP contribution in [0.4, 0.5) is 5.69 Å². The lowest BCUT2D eigenvalue weighted by molar-refractivity contribution is 0.0940. The first-order valence-corrected chi connectivity index (χ1v) is 10.1. The molecule has 28 heavy (non-hydrogen) atoms. The molecule has 2 aliphatic rings. The van der Waals surface area contributed by atoms with Crippen LogP contribution in [0.5, 0.6) is 0 Å². The van der Waals surface area contributed by atoms with E-state index in [1.807, 2.05) is 17.0 Å². The first-order valence-electron chi connectivity index (χ1n) is 10.1. The maximum absolute atomic E-state index is 13.0. The predicted octanol–water partition coefficient (Wildman–Crippen LogP) is 3.62. The van der Waals surface area contributed by atoms with Crippen molar-refractivity contribution in [3.05, 3.63) is 77.9 Å². The van der Waals surface area contributed by atoms with Gasteiger partial charge in [0, 0.05) is 43.7 Å². The number of anilines is 1. The van der Waals surface area contributed by atoms with Crippen LogP contribution >= 0.6 is 0 Å². The normalized spacial score (nSPS) is 17.6. The minimum Gasteiger partial charge on any atom is -0.300 e. The molecule has 2 heterocycles. The Bertz CT molecular complexity index is 988. The third-order valence-electron chi connectivity index (χ3n) is 6.01. The van der Waals surface area contributed by atoms with Gasteiger partial charge in [-0.05, 0) is 29.5 Å². The van der Waals surface area contributed by atoms with Crippen LogP contribution in [0, 0.1) is 0 Å². The topological polar surface area (TPSA) is 26.8 Å². The monoisotopic (exact) mass is 371 g/mol. The van der Waals surface area contributed by atoms with E-state index in [-0.39, 0.29) is 5.91 Å². The van der Waals surface area contributed by atoms with Crippen molar-refractivity contribution in [2.75, 3.05) is 44.3 Å². The molecular formula is C24H25N3O. The molecule has 0 N–H and O–H groups in total. The number of hydrogen-bond acceptors (Lipinski definition) is 3. The average Bonchev–Trinajstić information content (AvgIpc) is 3.02. The Morgan fingerprint density at radius 1 is 0.750 bits per heavy atom. The first-order chi connectivity index (χ1) is 13.8. The third kappa shape index (κ3) is 3.19. The molecule has 5 rings (SSSR count). The van der Waals surface area contributed by atoms with E-state index >= 15 is 0 Å². The van der Waals surface area contributed by atoms with E-state index in [0.29, 0.717) is 6.67 Å². The average molecular weight is 371 g/mol. The van der Waals surface area contributed by atoms with Crippen molar-refractivity contribution in [3.8, 4) is 0 Å². The number of amides is 1. The number of hydrogen-bond donors (Lipinski definition) is 0. The molecule has 0 aromatic heterocycles. The fourth-order valence-electron chi connectivity index (χ4n) is 4.41. The zero-order valence-electron chi connectivity index (χ0n) is 16.1. The summed E-state index contributed by atoms with van der Waals surface area (Å²) in [4.78, 5) is 19.9. The van der Waals surface area contributed by atoms with Crippen LogP contribution in [0.3, 0.4) is 0 Å². The number of piperazine rings is 1. The molecule has 4 nitrogen and oxygen atoms in total. The van der Waals surface area contributed by atoms with Crippen molar-refractivity contribution in [2.45, 2.75) is 6.42 Å². The Hall–Kier alpha value is -2.69. The lowest BCUT2D eigenvalue weighted by Gasteiger charge is -2.36. The molecule has 0 unspecified atom stereocenters. The molecule has 0 atom stereocenters. The van der Waals surface area contributed by atoms with Gasteiger partial charge >= 0.3 is 0 Å². The first kappa shape index (κ1) is 17.4. The predicted molar refractivity (Wildman–Crippen MR) is 114 cm³/mol. The highest BCUT2D eigenvalue weighted by molar-refractivity contribution is 6.24. The molecule has 3 aromatic rings. The summed E-state index contributed by atoms with van der Waals surface area (Å²) in [6.45, 7) is 5.91. The Balaban J connectivity index is 1.21. The molecule has 2 aliphatic heterocycles.